The average Bonchev–Trinajstić information content (AvgIpc) is 3.04. The Morgan fingerprint density at radius 3 is 2.75 bits per heavy atom. The summed E-state index contributed by atoms with van der Waals surface area (Å²) in [6.07, 6.45) is 0.707. The van der Waals surface area contributed by atoms with Gasteiger partial charge in [0.05, 0.1) is 5.69 Å². The summed E-state index contributed by atoms with van der Waals surface area (Å²) in [7, 11) is 3.59. The van der Waals surface area contributed by atoms with E-state index < -0.39 is 0 Å². The third-order valence-electron chi connectivity index (χ3n) is 3.16. The minimum absolute atomic E-state index is 0.0286. The third-order valence-corrected chi connectivity index (χ3v) is 4.46. The highest BCUT2D eigenvalue weighted by Gasteiger charge is 2.19. The molecule has 0 aliphatic rings. The normalized spacial score (nSPS) is 14.4. The van der Waals surface area contributed by atoms with Crippen LogP contribution in [-0.2, 0) is 11.2 Å². The summed E-state index contributed by atoms with van der Waals surface area (Å²) in [6, 6.07) is 0.312. The van der Waals surface area contributed by atoms with Crippen LogP contribution in [0, 0.1) is 6.92 Å². The summed E-state index contributed by atoms with van der Waals surface area (Å²) < 4.78 is 10.6. The van der Waals surface area contributed by atoms with Crippen molar-refractivity contribution in [3.63, 3.8) is 0 Å². The van der Waals surface area contributed by atoms with Crippen LogP contribution in [-0.4, -0.2) is 35.3 Å². The standard InChI is InChI=1S/C13H20N4O2S/c1-7(14-4)6-10-16-12(19-17-10)11-8(2)15-13(20-11)9(3)18-5/h7,9,14H,6H2,1-5H3. The maximum absolute atomic E-state index is 5.34. The highest BCUT2D eigenvalue weighted by molar-refractivity contribution is 7.15. The Morgan fingerprint density at radius 2 is 2.10 bits per heavy atom. The van der Waals surface area contributed by atoms with Crippen molar-refractivity contribution in [2.45, 2.75) is 39.3 Å². The molecule has 2 rings (SSSR count). The van der Waals surface area contributed by atoms with Crippen molar-refractivity contribution in [2.24, 2.45) is 0 Å². The van der Waals surface area contributed by atoms with Gasteiger partial charge in [-0.2, -0.15) is 4.98 Å². The molecule has 2 aromatic rings. The van der Waals surface area contributed by atoms with Crippen molar-refractivity contribution in [2.75, 3.05) is 14.2 Å². The topological polar surface area (TPSA) is 73.1 Å². The van der Waals surface area contributed by atoms with Crippen molar-refractivity contribution in [1.29, 1.82) is 0 Å². The fraction of sp³-hybridized carbons (Fsp3) is 0.615. The molecule has 0 fully saturated rings. The van der Waals surface area contributed by atoms with Crippen molar-refractivity contribution in [3.05, 3.63) is 16.5 Å². The van der Waals surface area contributed by atoms with E-state index in [1.54, 1.807) is 7.11 Å². The molecule has 2 atom stereocenters. The van der Waals surface area contributed by atoms with Crippen LogP contribution in [0.5, 0.6) is 0 Å². The quantitative estimate of drug-likeness (QED) is 0.882. The SMILES string of the molecule is CNC(C)Cc1noc(-c2sc(C(C)OC)nc2C)n1. The monoisotopic (exact) mass is 296 g/mol. The van der Waals surface area contributed by atoms with Crippen molar-refractivity contribution in [1.82, 2.24) is 20.4 Å². The largest absolute Gasteiger partial charge is 0.375 e. The van der Waals surface area contributed by atoms with Gasteiger partial charge in [0.2, 0.25) is 0 Å². The lowest BCUT2D eigenvalue weighted by Gasteiger charge is -2.04. The molecule has 0 bridgehead atoms. The number of thiazole rings is 1. The molecule has 2 aromatic heterocycles. The fourth-order valence-electron chi connectivity index (χ4n) is 1.70. The van der Waals surface area contributed by atoms with Crippen LogP contribution >= 0.6 is 11.3 Å². The first kappa shape index (κ1) is 15.1. The lowest BCUT2D eigenvalue weighted by Crippen LogP contribution is -2.24. The molecule has 20 heavy (non-hydrogen) atoms. The van der Waals surface area contributed by atoms with Crippen molar-refractivity contribution >= 4 is 11.3 Å². The van der Waals surface area contributed by atoms with Crippen LogP contribution in [0.4, 0.5) is 0 Å². The van der Waals surface area contributed by atoms with E-state index in [4.69, 9.17) is 9.26 Å². The highest BCUT2D eigenvalue weighted by Crippen LogP contribution is 2.32. The van der Waals surface area contributed by atoms with Gasteiger partial charge in [-0.05, 0) is 27.8 Å². The summed E-state index contributed by atoms with van der Waals surface area (Å²) in [5.41, 5.74) is 0.894. The van der Waals surface area contributed by atoms with E-state index in [0.29, 0.717) is 17.8 Å². The van der Waals surface area contributed by atoms with Crippen molar-refractivity contribution in [3.8, 4) is 10.8 Å². The molecule has 0 radical (unpaired) electrons. The second-order valence-corrected chi connectivity index (χ2v) is 5.78. The minimum Gasteiger partial charge on any atom is -0.375 e. The molecule has 0 aromatic carbocycles. The summed E-state index contributed by atoms with van der Waals surface area (Å²) in [5, 5.41) is 8.09. The van der Waals surface area contributed by atoms with E-state index in [-0.39, 0.29) is 6.10 Å². The van der Waals surface area contributed by atoms with Crippen LogP contribution < -0.4 is 5.32 Å². The Balaban J connectivity index is 2.21. The molecule has 1 N–H and O–H groups in total. The minimum atomic E-state index is -0.0286. The molecule has 2 unspecified atom stereocenters. The van der Waals surface area contributed by atoms with E-state index in [9.17, 15) is 0 Å². The summed E-state index contributed by atoms with van der Waals surface area (Å²) in [4.78, 5) is 9.85. The molecule has 0 aliphatic carbocycles. The first-order valence-corrected chi connectivity index (χ1v) is 7.37. The van der Waals surface area contributed by atoms with Crippen molar-refractivity contribution < 1.29 is 9.26 Å². The number of nitrogens with one attached hydrogen (secondary N) is 1. The maximum Gasteiger partial charge on any atom is 0.269 e. The van der Waals surface area contributed by atoms with Gasteiger partial charge in [0.15, 0.2) is 5.82 Å². The van der Waals surface area contributed by atoms with E-state index in [2.05, 4.69) is 27.4 Å². The molecule has 2 heterocycles. The third kappa shape index (κ3) is 3.23. The number of nitrogens with zero attached hydrogens (tertiary/aromatic N) is 3. The van der Waals surface area contributed by atoms with Gasteiger partial charge < -0.3 is 14.6 Å². The molecular weight excluding hydrogens is 276 g/mol. The van der Waals surface area contributed by atoms with Gasteiger partial charge in [0, 0.05) is 19.6 Å². The molecule has 7 heteroatoms. The van der Waals surface area contributed by atoms with E-state index in [0.717, 1.165) is 22.0 Å². The number of likely N-dealkylation sites (N-methyl/N-ethyl adjacent to an activating group) is 1. The van der Waals surface area contributed by atoms with E-state index in [1.165, 1.54) is 11.3 Å². The van der Waals surface area contributed by atoms with Crippen LogP contribution in [0.1, 0.15) is 36.5 Å². The number of aromatic nitrogens is 3. The average molecular weight is 296 g/mol. The Hall–Kier alpha value is -1.31. The van der Waals surface area contributed by atoms with E-state index >= 15 is 0 Å². The Kier molecular flexibility index (Phi) is 4.85. The van der Waals surface area contributed by atoms with Gasteiger partial charge >= 0.3 is 0 Å². The second kappa shape index (κ2) is 6.43. The smallest absolute Gasteiger partial charge is 0.269 e. The molecule has 0 saturated carbocycles. The molecule has 110 valence electrons. The van der Waals surface area contributed by atoms with Gasteiger partial charge in [-0.3, -0.25) is 0 Å². The predicted octanol–water partition coefficient (Wildman–Crippen LogP) is 2.36. The molecule has 6 nitrogen and oxygen atoms in total. The fourth-order valence-corrected chi connectivity index (χ4v) is 2.71. The summed E-state index contributed by atoms with van der Waals surface area (Å²) in [6.45, 7) is 5.99. The molecule has 0 aliphatic heterocycles. The van der Waals surface area contributed by atoms with Crippen LogP contribution in [0.25, 0.3) is 10.8 Å². The molecule has 0 saturated heterocycles. The molecule has 0 spiro atoms. The van der Waals surface area contributed by atoms with Crippen LogP contribution in [0.3, 0.4) is 0 Å². The first-order valence-electron chi connectivity index (χ1n) is 6.55. The van der Waals surface area contributed by atoms with Crippen LogP contribution in [0.2, 0.25) is 0 Å². The Labute approximate surface area is 122 Å². The van der Waals surface area contributed by atoms with Gasteiger partial charge in [0.25, 0.3) is 5.89 Å². The zero-order valence-corrected chi connectivity index (χ0v) is 13.2. The second-order valence-electron chi connectivity index (χ2n) is 4.75. The zero-order valence-electron chi connectivity index (χ0n) is 12.4. The van der Waals surface area contributed by atoms with E-state index in [1.807, 2.05) is 20.9 Å². The summed E-state index contributed by atoms with van der Waals surface area (Å²) in [5.74, 6) is 1.24. The van der Waals surface area contributed by atoms with Gasteiger partial charge in [-0.25, -0.2) is 4.98 Å². The lowest BCUT2D eigenvalue weighted by molar-refractivity contribution is 0.119. The van der Waals surface area contributed by atoms with Crippen LogP contribution in [0.15, 0.2) is 4.52 Å². The highest BCUT2D eigenvalue weighted by atomic mass is 32.1. The predicted molar refractivity (Wildman–Crippen MR) is 77.8 cm³/mol. The molecular formula is C13H20N4O2S. The maximum atomic E-state index is 5.34. The number of aryl methyl sites for hydroxylation is 1. The van der Waals surface area contributed by atoms with Gasteiger partial charge in [0.1, 0.15) is 16.0 Å². The van der Waals surface area contributed by atoms with Gasteiger partial charge in [-0.1, -0.05) is 5.16 Å². The lowest BCUT2D eigenvalue weighted by atomic mass is 10.2. The molecule has 0 amide bonds. The van der Waals surface area contributed by atoms with Gasteiger partial charge in [-0.15, -0.1) is 11.3 Å². The Morgan fingerprint density at radius 1 is 1.35 bits per heavy atom. The number of ether oxygens (including phenoxy) is 1. The Bertz CT molecular complexity index is 566. The first-order chi connectivity index (χ1) is 9.55. The number of rotatable bonds is 6. The zero-order chi connectivity index (χ0) is 14.7. The summed E-state index contributed by atoms with van der Waals surface area (Å²) >= 11 is 1.54. The number of methoxy groups -OCH3 is 1. The number of hydrogen-bond acceptors (Lipinski definition) is 7. The number of hydrogen-bond donors (Lipinski definition) is 1.